The Bertz CT molecular complexity index is 1210. The Morgan fingerprint density at radius 2 is 1.73 bits per heavy atom. The van der Waals surface area contributed by atoms with Crippen LogP contribution in [0.5, 0.6) is 0 Å². The van der Waals surface area contributed by atoms with Gasteiger partial charge in [0.05, 0.1) is 22.3 Å². The van der Waals surface area contributed by atoms with Gasteiger partial charge in [0, 0.05) is 17.3 Å². The maximum Gasteiger partial charge on any atom is 0.252 e. The minimum absolute atomic E-state index is 0.119. The van der Waals surface area contributed by atoms with E-state index in [2.05, 4.69) is 15.4 Å². The molecule has 0 unspecified atom stereocenters. The molecule has 0 aliphatic heterocycles. The number of benzene rings is 2. The molecule has 0 saturated carbocycles. The van der Waals surface area contributed by atoms with Gasteiger partial charge < -0.3 is 5.32 Å². The summed E-state index contributed by atoms with van der Waals surface area (Å²) in [6.45, 7) is 6.39. The van der Waals surface area contributed by atoms with Gasteiger partial charge >= 0.3 is 0 Å². The van der Waals surface area contributed by atoms with Gasteiger partial charge in [0.2, 0.25) is 0 Å². The Morgan fingerprint density at radius 1 is 1.03 bits per heavy atom. The molecule has 0 aliphatic carbocycles. The lowest BCUT2D eigenvalue weighted by Gasteiger charge is -2.09. The van der Waals surface area contributed by atoms with Crippen LogP contribution < -0.4 is 5.32 Å². The Kier molecular flexibility index (Phi) is 5.55. The quantitative estimate of drug-likeness (QED) is 0.497. The number of pyridine rings is 1. The summed E-state index contributed by atoms with van der Waals surface area (Å²) < 4.78 is 1.81. The largest absolute Gasteiger partial charge is 0.352 e. The number of carbonyl (C=O) groups is 1. The number of nitrogens with one attached hydrogen (secondary N) is 1. The van der Waals surface area contributed by atoms with Crippen molar-refractivity contribution >= 4 is 28.5 Å². The van der Waals surface area contributed by atoms with Crippen LogP contribution in [0.15, 0.2) is 54.6 Å². The molecule has 0 aliphatic rings. The fourth-order valence-electron chi connectivity index (χ4n) is 3.53. The second kappa shape index (κ2) is 8.28. The number of carbonyl (C=O) groups excluding carboxylic acids is 1. The predicted molar refractivity (Wildman–Crippen MR) is 121 cm³/mol. The SMILES string of the molecule is Cc1ccc(-n2nc(C)c3c(C(=O)NCCc4ccc(Cl)cc4)cc(C)nc32)cc1. The van der Waals surface area contributed by atoms with Crippen molar-refractivity contribution in [3.63, 3.8) is 0 Å². The molecular formula is C24H23ClN4O. The summed E-state index contributed by atoms with van der Waals surface area (Å²) in [7, 11) is 0. The minimum atomic E-state index is -0.119. The third kappa shape index (κ3) is 4.07. The molecule has 0 spiro atoms. The van der Waals surface area contributed by atoms with Crippen molar-refractivity contribution in [1.82, 2.24) is 20.1 Å². The van der Waals surface area contributed by atoms with E-state index in [1.54, 1.807) is 0 Å². The van der Waals surface area contributed by atoms with Crippen molar-refractivity contribution in [2.45, 2.75) is 27.2 Å². The van der Waals surface area contributed by atoms with E-state index in [1.165, 1.54) is 5.56 Å². The van der Waals surface area contributed by atoms with Crippen molar-refractivity contribution in [1.29, 1.82) is 0 Å². The van der Waals surface area contributed by atoms with Gasteiger partial charge in [-0.25, -0.2) is 9.67 Å². The van der Waals surface area contributed by atoms with Gasteiger partial charge in [-0.1, -0.05) is 41.4 Å². The van der Waals surface area contributed by atoms with E-state index in [9.17, 15) is 4.79 Å². The van der Waals surface area contributed by atoms with E-state index in [0.717, 1.165) is 34.4 Å². The lowest BCUT2D eigenvalue weighted by Crippen LogP contribution is -2.26. The molecule has 1 N–H and O–H groups in total. The monoisotopic (exact) mass is 418 g/mol. The molecule has 4 aromatic rings. The highest BCUT2D eigenvalue weighted by atomic mass is 35.5. The van der Waals surface area contributed by atoms with Crippen LogP contribution in [0.25, 0.3) is 16.7 Å². The second-order valence-corrected chi connectivity index (χ2v) is 7.91. The molecule has 2 aromatic carbocycles. The first kappa shape index (κ1) is 20.1. The standard InChI is InChI=1S/C24H23ClN4O/c1-15-4-10-20(11-5-15)29-23-22(17(3)28-29)21(14-16(2)27-23)24(30)26-13-12-18-6-8-19(25)9-7-18/h4-11,14H,12-13H2,1-3H3,(H,26,30). The van der Waals surface area contributed by atoms with Crippen LogP contribution in [0.2, 0.25) is 5.02 Å². The number of hydrogen-bond donors (Lipinski definition) is 1. The van der Waals surface area contributed by atoms with Crippen molar-refractivity contribution in [2.75, 3.05) is 6.54 Å². The Hall–Kier alpha value is -3.18. The zero-order valence-electron chi connectivity index (χ0n) is 17.2. The highest BCUT2D eigenvalue weighted by Gasteiger charge is 2.19. The second-order valence-electron chi connectivity index (χ2n) is 7.47. The maximum atomic E-state index is 13.0. The summed E-state index contributed by atoms with van der Waals surface area (Å²) in [5.74, 6) is -0.119. The zero-order chi connectivity index (χ0) is 21.3. The van der Waals surface area contributed by atoms with Crippen LogP contribution in [0.3, 0.4) is 0 Å². The number of amides is 1. The number of rotatable bonds is 5. The summed E-state index contributed by atoms with van der Waals surface area (Å²) in [4.78, 5) is 17.7. The molecule has 0 bridgehead atoms. The molecule has 6 heteroatoms. The topological polar surface area (TPSA) is 59.8 Å². The summed E-state index contributed by atoms with van der Waals surface area (Å²) in [5, 5.41) is 9.19. The Labute approximate surface area is 180 Å². The number of hydrogen-bond acceptors (Lipinski definition) is 3. The average Bonchev–Trinajstić information content (AvgIpc) is 3.05. The van der Waals surface area contributed by atoms with E-state index in [4.69, 9.17) is 11.6 Å². The summed E-state index contributed by atoms with van der Waals surface area (Å²) in [5.41, 5.74) is 6.07. The molecule has 5 nitrogen and oxygen atoms in total. The summed E-state index contributed by atoms with van der Waals surface area (Å²) >= 11 is 5.93. The highest BCUT2D eigenvalue weighted by Crippen LogP contribution is 2.25. The van der Waals surface area contributed by atoms with Gasteiger partial charge in [0.15, 0.2) is 5.65 Å². The van der Waals surface area contributed by atoms with E-state index in [-0.39, 0.29) is 5.91 Å². The molecule has 0 radical (unpaired) electrons. The molecule has 1 amide bonds. The normalized spacial score (nSPS) is 11.1. The molecule has 4 rings (SSSR count). The molecule has 2 heterocycles. The van der Waals surface area contributed by atoms with Crippen LogP contribution in [0.4, 0.5) is 0 Å². The Morgan fingerprint density at radius 3 is 2.43 bits per heavy atom. The highest BCUT2D eigenvalue weighted by molar-refractivity contribution is 6.30. The van der Waals surface area contributed by atoms with Crippen molar-refractivity contribution in [3.8, 4) is 5.69 Å². The number of halogens is 1. The molecular weight excluding hydrogens is 396 g/mol. The smallest absolute Gasteiger partial charge is 0.252 e. The fraction of sp³-hybridized carbons (Fsp3) is 0.208. The number of fused-ring (bicyclic) bond motifs is 1. The summed E-state index contributed by atoms with van der Waals surface area (Å²) in [6, 6.07) is 17.6. The third-order valence-corrected chi connectivity index (χ3v) is 5.33. The van der Waals surface area contributed by atoms with Gasteiger partial charge in [0.25, 0.3) is 5.91 Å². The van der Waals surface area contributed by atoms with Gasteiger partial charge in [-0.2, -0.15) is 5.10 Å². The van der Waals surface area contributed by atoms with Crippen molar-refractivity contribution < 1.29 is 4.79 Å². The van der Waals surface area contributed by atoms with Crippen LogP contribution in [0, 0.1) is 20.8 Å². The molecule has 2 aromatic heterocycles. The van der Waals surface area contributed by atoms with E-state index in [1.807, 2.05) is 80.1 Å². The van der Waals surface area contributed by atoms with E-state index >= 15 is 0 Å². The first-order valence-electron chi connectivity index (χ1n) is 9.89. The van der Waals surface area contributed by atoms with Crippen molar-refractivity contribution in [3.05, 3.63) is 87.7 Å². The molecule has 0 atom stereocenters. The van der Waals surface area contributed by atoms with Crippen molar-refractivity contribution in [2.24, 2.45) is 0 Å². The predicted octanol–water partition coefficient (Wildman–Crippen LogP) is 4.97. The van der Waals surface area contributed by atoms with Crippen LogP contribution in [-0.4, -0.2) is 27.2 Å². The lowest BCUT2D eigenvalue weighted by atomic mass is 10.1. The molecule has 0 saturated heterocycles. The summed E-state index contributed by atoms with van der Waals surface area (Å²) in [6.07, 6.45) is 0.734. The van der Waals surface area contributed by atoms with Gasteiger partial charge in [-0.3, -0.25) is 4.79 Å². The third-order valence-electron chi connectivity index (χ3n) is 5.08. The first-order chi connectivity index (χ1) is 14.4. The van der Waals surface area contributed by atoms with Gasteiger partial charge in [-0.15, -0.1) is 0 Å². The van der Waals surface area contributed by atoms with Crippen LogP contribution in [0.1, 0.15) is 32.9 Å². The minimum Gasteiger partial charge on any atom is -0.352 e. The van der Waals surface area contributed by atoms with Gasteiger partial charge in [0.1, 0.15) is 0 Å². The van der Waals surface area contributed by atoms with Gasteiger partial charge in [-0.05, 0) is 63.1 Å². The number of aryl methyl sites for hydroxylation is 3. The fourth-order valence-corrected chi connectivity index (χ4v) is 3.65. The van der Waals surface area contributed by atoms with Crippen LogP contribution in [-0.2, 0) is 6.42 Å². The molecule has 0 fully saturated rings. The number of nitrogens with zero attached hydrogens (tertiary/aromatic N) is 3. The molecule has 30 heavy (non-hydrogen) atoms. The lowest BCUT2D eigenvalue weighted by molar-refractivity contribution is 0.0955. The van der Waals surface area contributed by atoms with E-state index < -0.39 is 0 Å². The maximum absolute atomic E-state index is 13.0. The average molecular weight is 419 g/mol. The number of aromatic nitrogens is 3. The van der Waals surface area contributed by atoms with E-state index in [0.29, 0.717) is 22.8 Å². The molecule has 152 valence electrons. The van der Waals surface area contributed by atoms with Crippen LogP contribution >= 0.6 is 11.6 Å². The zero-order valence-corrected chi connectivity index (χ0v) is 18.0. The Balaban J connectivity index is 1.62. The first-order valence-corrected chi connectivity index (χ1v) is 10.3.